The highest BCUT2D eigenvalue weighted by Gasteiger charge is 2.42. The molecule has 0 saturated carbocycles. The van der Waals surface area contributed by atoms with Crippen molar-refractivity contribution in [2.24, 2.45) is 0 Å². The highest BCUT2D eigenvalue weighted by Crippen LogP contribution is 2.66. The average molecular weight is 465 g/mol. The van der Waals surface area contributed by atoms with Crippen molar-refractivity contribution >= 4 is 23.5 Å². The van der Waals surface area contributed by atoms with E-state index < -0.39 is 54.1 Å². The molecule has 17 heteroatoms. The predicted octanol–water partition coefficient (Wildman–Crippen LogP) is 0.148. The first-order chi connectivity index (χ1) is 12.7. The van der Waals surface area contributed by atoms with Gasteiger partial charge in [-0.2, -0.15) is 8.62 Å². The highest BCUT2D eigenvalue weighted by molar-refractivity contribution is 7.66. The van der Waals surface area contributed by atoms with Crippen LogP contribution in [0.25, 0.3) is 0 Å². The van der Waals surface area contributed by atoms with Crippen molar-refractivity contribution in [3.8, 4) is 0 Å². The normalized spacial score (nSPS) is 27.3. The van der Waals surface area contributed by atoms with Crippen LogP contribution in [-0.4, -0.2) is 48.1 Å². The number of phosphoric acid groups is 3. The third-order valence-corrected chi connectivity index (χ3v) is 7.24. The lowest BCUT2D eigenvalue weighted by atomic mass is 10.2. The van der Waals surface area contributed by atoms with E-state index in [4.69, 9.17) is 19.4 Å². The Morgan fingerprint density at radius 2 is 1.82 bits per heavy atom. The molecular weight excluding hydrogens is 447 g/mol. The largest absolute Gasteiger partial charge is 0.490 e. The van der Waals surface area contributed by atoms with E-state index in [-0.39, 0.29) is 6.42 Å². The molecule has 5 atom stereocenters. The van der Waals surface area contributed by atoms with Gasteiger partial charge < -0.3 is 29.4 Å². The molecule has 1 aromatic rings. The maximum Gasteiger partial charge on any atom is 0.490 e. The minimum Gasteiger partial charge on any atom is -0.390 e. The summed E-state index contributed by atoms with van der Waals surface area (Å²) in [6, 6.07) is 2.98. The lowest BCUT2D eigenvalue weighted by Gasteiger charge is -2.19. The van der Waals surface area contributed by atoms with Gasteiger partial charge in [-0.3, -0.25) is 13.9 Å². The Morgan fingerprint density at radius 1 is 1.18 bits per heavy atom. The summed E-state index contributed by atoms with van der Waals surface area (Å²) < 4.78 is 51.6. The van der Waals surface area contributed by atoms with Crippen molar-refractivity contribution in [2.45, 2.75) is 31.8 Å². The summed E-state index contributed by atoms with van der Waals surface area (Å²) in [6.07, 6.45) is -1.92. The first-order valence-corrected chi connectivity index (χ1v) is 12.0. The standard InChI is InChI=1S/C11H18NO13P3/c1-7-2-3-12(10(14)4-7)11-5-8(13)9(23-11)6-22-27(18,19)25-28(20,21)24-26(15,16)17/h2-4,8-9,11,13H,5-6H2,1H3,(H,18,19)(H,20,21)(H2,15,16,17)/t8-,9+,11+/m0/s1. The van der Waals surface area contributed by atoms with Crippen LogP contribution in [0, 0.1) is 6.92 Å². The number of aliphatic hydroxyl groups is 1. The van der Waals surface area contributed by atoms with Gasteiger partial charge >= 0.3 is 23.5 Å². The molecule has 0 spiro atoms. The Kier molecular flexibility index (Phi) is 7.21. The van der Waals surface area contributed by atoms with Gasteiger partial charge in [-0.05, 0) is 18.6 Å². The Labute approximate surface area is 157 Å². The first kappa shape index (κ1) is 23.6. The monoisotopic (exact) mass is 465 g/mol. The maximum atomic E-state index is 12.0. The molecule has 0 aliphatic carbocycles. The zero-order valence-electron chi connectivity index (χ0n) is 14.2. The van der Waals surface area contributed by atoms with E-state index in [0.29, 0.717) is 5.56 Å². The molecule has 1 aromatic heterocycles. The number of aromatic nitrogens is 1. The summed E-state index contributed by atoms with van der Waals surface area (Å²) in [4.78, 5) is 47.3. The van der Waals surface area contributed by atoms with Gasteiger partial charge in [0.15, 0.2) is 0 Å². The second kappa shape index (κ2) is 8.57. The molecule has 14 nitrogen and oxygen atoms in total. The van der Waals surface area contributed by atoms with Crippen LogP contribution in [0.4, 0.5) is 0 Å². The topological polar surface area (TPSA) is 211 Å². The van der Waals surface area contributed by atoms with Gasteiger partial charge in [0.2, 0.25) is 0 Å². The Bertz CT molecular complexity index is 909. The Hall–Kier alpha value is -0.720. The van der Waals surface area contributed by atoms with Crippen molar-refractivity contribution < 1.29 is 56.3 Å². The summed E-state index contributed by atoms with van der Waals surface area (Å²) >= 11 is 0. The van der Waals surface area contributed by atoms with Crippen molar-refractivity contribution in [3.05, 3.63) is 34.2 Å². The van der Waals surface area contributed by atoms with E-state index in [1.807, 2.05) is 0 Å². The molecule has 0 bridgehead atoms. The summed E-state index contributed by atoms with van der Waals surface area (Å²) in [5.41, 5.74) is 0.315. The number of pyridine rings is 1. The fraction of sp³-hybridized carbons (Fsp3) is 0.545. The Morgan fingerprint density at radius 3 is 2.39 bits per heavy atom. The fourth-order valence-electron chi connectivity index (χ4n) is 2.33. The summed E-state index contributed by atoms with van der Waals surface area (Å²) in [5.74, 6) is 0. The number of nitrogens with zero attached hydrogens (tertiary/aromatic N) is 1. The summed E-state index contributed by atoms with van der Waals surface area (Å²) in [7, 11) is -16.5. The number of aryl methyl sites for hydroxylation is 1. The molecule has 2 heterocycles. The van der Waals surface area contributed by atoms with E-state index in [0.717, 1.165) is 0 Å². The first-order valence-electron chi connectivity index (χ1n) is 7.48. The highest BCUT2D eigenvalue weighted by atomic mass is 31.3. The van der Waals surface area contributed by atoms with Gasteiger partial charge in [-0.15, -0.1) is 0 Å². The van der Waals surface area contributed by atoms with E-state index in [2.05, 4.69) is 13.1 Å². The van der Waals surface area contributed by atoms with Crippen molar-refractivity contribution in [3.63, 3.8) is 0 Å². The number of phosphoric ester groups is 1. The lowest BCUT2D eigenvalue weighted by Crippen LogP contribution is -2.27. The number of rotatable bonds is 8. The van der Waals surface area contributed by atoms with Crippen LogP contribution in [0.2, 0.25) is 0 Å². The predicted molar refractivity (Wildman–Crippen MR) is 89.8 cm³/mol. The van der Waals surface area contributed by atoms with Crippen LogP contribution in [0.15, 0.2) is 23.1 Å². The van der Waals surface area contributed by atoms with Crippen LogP contribution < -0.4 is 5.56 Å². The SMILES string of the molecule is Cc1ccn([C@H]2C[C@H](O)[C@@H](COP(=O)(O)OP(=O)(O)OP(=O)(O)O)O2)c(=O)c1. The number of hydrogen-bond acceptors (Lipinski definition) is 9. The van der Waals surface area contributed by atoms with Crippen molar-refractivity contribution in [1.29, 1.82) is 0 Å². The molecule has 5 N–H and O–H groups in total. The number of ether oxygens (including phenoxy) is 1. The van der Waals surface area contributed by atoms with Gasteiger partial charge in [0.25, 0.3) is 5.56 Å². The number of hydrogen-bond donors (Lipinski definition) is 5. The van der Waals surface area contributed by atoms with Crippen LogP contribution in [-0.2, 0) is 31.6 Å². The van der Waals surface area contributed by atoms with E-state index in [9.17, 15) is 28.5 Å². The minimum atomic E-state index is -5.63. The second-order valence-corrected chi connectivity index (χ2v) is 10.2. The average Bonchev–Trinajstić information content (AvgIpc) is 2.82. The van der Waals surface area contributed by atoms with Gasteiger partial charge in [-0.25, -0.2) is 13.7 Å². The van der Waals surface area contributed by atoms with Crippen LogP contribution >= 0.6 is 23.5 Å². The molecule has 0 amide bonds. The molecule has 1 fully saturated rings. The van der Waals surface area contributed by atoms with Gasteiger partial charge in [0.05, 0.1) is 12.7 Å². The maximum absolute atomic E-state index is 12.0. The third-order valence-electron chi connectivity index (χ3n) is 3.44. The fourth-order valence-corrected chi connectivity index (χ4v) is 5.36. The molecule has 160 valence electrons. The zero-order valence-corrected chi connectivity index (χ0v) is 16.9. The Balaban J connectivity index is 1.98. The van der Waals surface area contributed by atoms with E-state index in [1.165, 1.54) is 16.8 Å². The van der Waals surface area contributed by atoms with Gasteiger partial charge in [-0.1, -0.05) is 0 Å². The van der Waals surface area contributed by atoms with E-state index >= 15 is 0 Å². The molecule has 28 heavy (non-hydrogen) atoms. The van der Waals surface area contributed by atoms with E-state index in [1.54, 1.807) is 13.0 Å². The molecule has 2 rings (SSSR count). The summed E-state index contributed by atoms with van der Waals surface area (Å²) in [5, 5.41) is 9.98. The quantitative estimate of drug-likeness (QED) is 0.324. The third kappa shape index (κ3) is 6.96. The van der Waals surface area contributed by atoms with Crippen LogP contribution in [0.1, 0.15) is 18.2 Å². The zero-order chi connectivity index (χ0) is 21.3. The lowest BCUT2D eigenvalue weighted by molar-refractivity contribution is -0.0445. The molecule has 1 aliphatic rings. The van der Waals surface area contributed by atoms with Gasteiger partial charge in [0.1, 0.15) is 12.3 Å². The summed E-state index contributed by atoms with van der Waals surface area (Å²) in [6.45, 7) is 0.906. The molecule has 1 aliphatic heterocycles. The van der Waals surface area contributed by atoms with Crippen molar-refractivity contribution in [1.82, 2.24) is 4.57 Å². The molecule has 0 aromatic carbocycles. The molecular formula is C11H18NO13P3. The van der Waals surface area contributed by atoms with Crippen molar-refractivity contribution in [2.75, 3.05) is 6.61 Å². The second-order valence-electron chi connectivity index (χ2n) is 5.77. The van der Waals surface area contributed by atoms with Gasteiger partial charge in [0, 0.05) is 18.7 Å². The molecule has 2 unspecified atom stereocenters. The van der Waals surface area contributed by atoms with Crippen LogP contribution in [0.3, 0.4) is 0 Å². The smallest absolute Gasteiger partial charge is 0.390 e. The molecule has 1 saturated heterocycles. The van der Waals surface area contributed by atoms with Crippen LogP contribution in [0.5, 0.6) is 0 Å². The molecule has 0 radical (unpaired) electrons. The number of aliphatic hydroxyl groups excluding tert-OH is 1. The minimum absolute atomic E-state index is 0.0482.